The highest BCUT2D eigenvalue weighted by atomic mass is 16.5. The van der Waals surface area contributed by atoms with Gasteiger partial charge in [-0.25, -0.2) is 9.67 Å². The summed E-state index contributed by atoms with van der Waals surface area (Å²) < 4.78 is 6.99. The number of aryl methyl sites for hydroxylation is 1. The van der Waals surface area contributed by atoms with Gasteiger partial charge in [-0.05, 0) is 24.3 Å². The highest BCUT2D eigenvalue weighted by molar-refractivity contribution is 6.04. The Kier molecular flexibility index (Phi) is 3.50. The van der Waals surface area contributed by atoms with Gasteiger partial charge >= 0.3 is 0 Å². The standard InChI is InChI=1S/C16H16N4O2/c1-17-16(21)14-11-8-9-12(18-15(11)20(2)19-14)10-6-4-5-7-13(10)22-3/h4-9H,1-3H3,(H,17,21). The Bertz CT molecular complexity index is 854. The quantitative estimate of drug-likeness (QED) is 0.802. The van der Waals surface area contributed by atoms with E-state index < -0.39 is 0 Å². The largest absolute Gasteiger partial charge is 0.496 e. The molecule has 3 rings (SSSR count). The number of hydrogen-bond acceptors (Lipinski definition) is 4. The van der Waals surface area contributed by atoms with Crippen LogP contribution in [0.25, 0.3) is 22.3 Å². The number of fused-ring (bicyclic) bond motifs is 1. The number of carbonyl (C=O) groups is 1. The number of carbonyl (C=O) groups excluding carboxylic acids is 1. The Morgan fingerprint density at radius 1 is 1.23 bits per heavy atom. The number of pyridine rings is 1. The molecule has 0 bridgehead atoms. The Morgan fingerprint density at radius 3 is 2.73 bits per heavy atom. The molecule has 0 atom stereocenters. The van der Waals surface area contributed by atoms with E-state index in [4.69, 9.17) is 4.74 Å². The molecule has 0 aliphatic carbocycles. The van der Waals surface area contributed by atoms with E-state index in [9.17, 15) is 4.79 Å². The number of ether oxygens (including phenoxy) is 1. The number of benzene rings is 1. The first kappa shape index (κ1) is 14.1. The third-order valence-electron chi connectivity index (χ3n) is 3.51. The normalized spacial score (nSPS) is 10.7. The Labute approximate surface area is 127 Å². The van der Waals surface area contributed by atoms with Crippen molar-refractivity contribution in [3.8, 4) is 17.0 Å². The minimum absolute atomic E-state index is 0.225. The van der Waals surface area contributed by atoms with Crippen LogP contribution in [0.3, 0.4) is 0 Å². The smallest absolute Gasteiger partial charge is 0.272 e. The van der Waals surface area contributed by atoms with Crippen LogP contribution in [0.2, 0.25) is 0 Å². The maximum absolute atomic E-state index is 11.9. The topological polar surface area (TPSA) is 69.0 Å². The highest BCUT2D eigenvalue weighted by Crippen LogP contribution is 2.29. The summed E-state index contributed by atoms with van der Waals surface area (Å²) in [4.78, 5) is 16.5. The first-order valence-corrected chi connectivity index (χ1v) is 6.85. The van der Waals surface area contributed by atoms with Crippen LogP contribution in [-0.4, -0.2) is 34.8 Å². The van der Waals surface area contributed by atoms with Crippen molar-refractivity contribution in [2.75, 3.05) is 14.2 Å². The molecule has 0 unspecified atom stereocenters. The van der Waals surface area contributed by atoms with Crippen molar-refractivity contribution in [3.05, 3.63) is 42.1 Å². The van der Waals surface area contributed by atoms with Crippen molar-refractivity contribution in [2.45, 2.75) is 0 Å². The van der Waals surface area contributed by atoms with Gasteiger partial charge in [-0.2, -0.15) is 5.10 Å². The third-order valence-corrected chi connectivity index (χ3v) is 3.51. The van der Waals surface area contributed by atoms with E-state index in [1.54, 1.807) is 25.9 Å². The van der Waals surface area contributed by atoms with E-state index in [0.717, 1.165) is 22.4 Å². The maximum atomic E-state index is 11.9. The molecular formula is C16H16N4O2. The number of hydrogen-bond donors (Lipinski definition) is 1. The lowest BCUT2D eigenvalue weighted by Gasteiger charge is -2.07. The molecule has 0 aliphatic heterocycles. The van der Waals surface area contributed by atoms with Crippen LogP contribution in [0.15, 0.2) is 36.4 Å². The molecule has 3 aromatic rings. The van der Waals surface area contributed by atoms with Crippen LogP contribution in [-0.2, 0) is 7.05 Å². The van der Waals surface area contributed by atoms with Crippen molar-refractivity contribution in [3.63, 3.8) is 0 Å². The van der Waals surface area contributed by atoms with Crippen molar-refractivity contribution < 1.29 is 9.53 Å². The van der Waals surface area contributed by atoms with Gasteiger partial charge in [-0.15, -0.1) is 0 Å². The van der Waals surface area contributed by atoms with Crippen molar-refractivity contribution >= 4 is 16.9 Å². The predicted molar refractivity (Wildman–Crippen MR) is 83.9 cm³/mol. The van der Waals surface area contributed by atoms with E-state index in [2.05, 4.69) is 15.4 Å². The zero-order valence-electron chi connectivity index (χ0n) is 12.6. The van der Waals surface area contributed by atoms with Gasteiger partial charge in [0.05, 0.1) is 18.2 Å². The molecule has 6 heteroatoms. The van der Waals surface area contributed by atoms with Crippen LogP contribution in [0, 0.1) is 0 Å². The lowest BCUT2D eigenvalue weighted by molar-refractivity contribution is 0.0959. The second-order valence-electron chi connectivity index (χ2n) is 4.82. The van der Waals surface area contributed by atoms with Gasteiger partial charge in [0.2, 0.25) is 0 Å². The minimum atomic E-state index is -0.225. The molecule has 0 fully saturated rings. The predicted octanol–water partition coefficient (Wildman–Crippen LogP) is 2.00. The molecule has 2 heterocycles. The number of rotatable bonds is 3. The summed E-state index contributed by atoms with van der Waals surface area (Å²) in [5.41, 5.74) is 2.70. The molecule has 0 spiro atoms. The second-order valence-corrected chi connectivity index (χ2v) is 4.82. The van der Waals surface area contributed by atoms with Crippen LogP contribution >= 0.6 is 0 Å². The summed E-state index contributed by atoms with van der Waals surface area (Å²) in [6, 6.07) is 11.4. The molecule has 2 aromatic heterocycles. The number of amides is 1. The first-order valence-electron chi connectivity index (χ1n) is 6.85. The Balaban J connectivity index is 2.19. The fraction of sp³-hybridized carbons (Fsp3) is 0.188. The van der Waals surface area contributed by atoms with Gasteiger partial charge in [-0.3, -0.25) is 4.79 Å². The summed E-state index contributed by atoms with van der Waals surface area (Å²) in [6.45, 7) is 0. The lowest BCUT2D eigenvalue weighted by atomic mass is 10.1. The molecule has 1 N–H and O–H groups in total. The minimum Gasteiger partial charge on any atom is -0.496 e. The highest BCUT2D eigenvalue weighted by Gasteiger charge is 2.17. The third kappa shape index (κ3) is 2.18. The first-order chi connectivity index (χ1) is 10.7. The summed E-state index contributed by atoms with van der Waals surface area (Å²) in [6.07, 6.45) is 0. The molecule has 0 saturated carbocycles. The summed E-state index contributed by atoms with van der Waals surface area (Å²) >= 11 is 0. The molecule has 1 amide bonds. The van der Waals surface area contributed by atoms with Crippen LogP contribution in [0.1, 0.15) is 10.5 Å². The van der Waals surface area contributed by atoms with Crippen LogP contribution in [0.4, 0.5) is 0 Å². The number of aromatic nitrogens is 3. The molecule has 0 radical (unpaired) electrons. The monoisotopic (exact) mass is 296 g/mol. The van der Waals surface area contributed by atoms with Gasteiger partial charge in [0.25, 0.3) is 5.91 Å². The van der Waals surface area contributed by atoms with Gasteiger partial charge in [0, 0.05) is 19.7 Å². The van der Waals surface area contributed by atoms with Crippen LogP contribution in [0.5, 0.6) is 5.75 Å². The lowest BCUT2D eigenvalue weighted by Crippen LogP contribution is -2.18. The SMILES string of the molecule is CNC(=O)c1nn(C)c2nc(-c3ccccc3OC)ccc12. The molecule has 112 valence electrons. The average Bonchev–Trinajstić information content (AvgIpc) is 2.90. The van der Waals surface area contributed by atoms with E-state index in [1.165, 1.54) is 0 Å². The van der Waals surface area contributed by atoms with Gasteiger partial charge in [0.15, 0.2) is 11.3 Å². The maximum Gasteiger partial charge on any atom is 0.272 e. The van der Waals surface area contributed by atoms with Crippen molar-refractivity contribution in [1.82, 2.24) is 20.1 Å². The molecule has 6 nitrogen and oxygen atoms in total. The van der Waals surface area contributed by atoms with Crippen LogP contribution < -0.4 is 10.1 Å². The van der Waals surface area contributed by atoms with E-state index in [-0.39, 0.29) is 5.91 Å². The molecule has 1 aromatic carbocycles. The number of nitrogens with zero attached hydrogens (tertiary/aromatic N) is 3. The Morgan fingerprint density at radius 2 is 2.00 bits per heavy atom. The fourth-order valence-corrected chi connectivity index (χ4v) is 2.42. The fourth-order valence-electron chi connectivity index (χ4n) is 2.42. The number of nitrogens with one attached hydrogen (secondary N) is 1. The average molecular weight is 296 g/mol. The van der Waals surface area contributed by atoms with E-state index >= 15 is 0 Å². The molecule has 0 aliphatic rings. The van der Waals surface area contributed by atoms with Gasteiger partial charge < -0.3 is 10.1 Å². The van der Waals surface area contributed by atoms with Crippen molar-refractivity contribution in [2.24, 2.45) is 7.05 Å². The second kappa shape index (κ2) is 5.48. The molecule has 22 heavy (non-hydrogen) atoms. The number of para-hydroxylation sites is 1. The summed E-state index contributed by atoms with van der Waals surface area (Å²) in [7, 11) is 4.98. The summed E-state index contributed by atoms with van der Waals surface area (Å²) in [5, 5.41) is 7.56. The van der Waals surface area contributed by atoms with E-state index in [0.29, 0.717) is 11.3 Å². The Hall–Kier alpha value is -2.89. The zero-order valence-corrected chi connectivity index (χ0v) is 12.6. The van der Waals surface area contributed by atoms with E-state index in [1.807, 2.05) is 36.4 Å². The van der Waals surface area contributed by atoms with Gasteiger partial charge in [-0.1, -0.05) is 12.1 Å². The number of methoxy groups -OCH3 is 1. The summed E-state index contributed by atoms with van der Waals surface area (Å²) in [5.74, 6) is 0.528. The van der Waals surface area contributed by atoms with Gasteiger partial charge in [0.1, 0.15) is 5.75 Å². The molecule has 0 saturated heterocycles. The van der Waals surface area contributed by atoms with Crippen molar-refractivity contribution in [1.29, 1.82) is 0 Å². The zero-order chi connectivity index (χ0) is 15.7. The molecular weight excluding hydrogens is 280 g/mol.